The third-order valence-electron chi connectivity index (χ3n) is 17.5. The lowest BCUT2D eigenvalue weighted by Gasteiger charge is -2.38. The molecule has 14 atom stereocenters. The second kappa shape index (κ2) is 41.5. The highest BCUT2D eigenvalue weighted by molar-refractivity contribution is 6.20. The number of nitrogens with zero attached hydrogens (tertiary/aromatic N) is 2. The molecule has 0 unspecified atom stereocenters. The first-order valence-electron chi connectivity index (χ1n) is 34.4. The van der Waals surface area contributed by atoms with Crippen molar-refractivity contribution in [3.05, 3.63) is 36.0 Å². The maximum Gasteiger partial charge on any atom is 0.305 e. The number of imide groups is 1. The number of nitrogens with one attached hydrogen (secondary N) is 11. The number of Topliss-reactive ketones (excluding diaryl/α,β-unsaturated/α-hetero) is 1. The van der Waals surface area contributed by atoms with Gasteiger partial charge in [0.2, 0.25) is 100 Å². The van der Waals surface area contributed by atoms with E-state index >= 15 is 0 Å². The van der Waals surface area contributed by atoms with E-state index in [9.17, 15) is 131 Å². The number of carboxylic acids is 3. The van der Waals surface area contributed by atoms with Crippen molar-refractivity contribution in [1.29, 1.82) is 0 Å². The van der Waals surface area contributed by atoms with Crippen molar-refractivity contribution >= 4 is 147 Å². The number of nitrogens with two attached hydrogens (primary N) is 7. The molecule has 47 heteroatoms. The number of hydrogen-bond donors (Lipinski definition) is 22. The minimum atomic E-state index is -3.04. The van der Waals surface area contributed by atoms with Crippen LogP contribution in [0.2, 0.25) is 0 Å². The minimum absolute atomic E-state index is 0.0253. The summed E-state index contributed by atoms with van der Waals surface area (Å²) in [6.45, 7) is 2.83. The summed E-state index contributed by atoms with van der Waals surface area (Å²) in [5.41, 5.74) is 35.8. The van der Waals surface area contributed by atoms with Gasteiger partial charge in [-0.2, -0.15) is 0 Å². The fourth-order valence-corrected chi connectivity index (χ4v) is 11.8. The molecule has 2 aromatic rings. The Kier molecular flexibility index (Phi) is 33.8. The Bertz CT molecular complexity index is 4050. The first kappa shape index (κ1) is 91.3. The molecule has 19 amide bonds. The number of amides is 19. The molecule has 2 aliphatic heterocycles. The number of carbonyl (C=O) groups is 23. The number of aromatic nitrogens is 1. The van der Waals surface area contributed by atoms with Crippen molar-refractivity contribution in [1.82, 2.24) is 68.0 Å². The van der Waals surface area contributed by atoms with Gasteiger partial charge in [0.1, 0.15) is 72.5 Å². The van der Waals surface area contributed by atoms with E-state index in [1.807, 2.05) is 5.32 Å². The third kappa shape index (κ3) is 26.3. The molecule has 0 radical (unpaired) electrons. The number of carboxylic acid groups (broad SMARTS) is 3. The van der Waals surface area contributed by atoms with Crippen LogP contribution in [0.3, 0.4) is 0 Å². The molecule has 112 heavy (non-hydrogen) atoms. The van der Waals surface area contributed by atoms with Crippen LogP contribution in [-0.2, 0) is 117 Å². The molecule has 0 aliphatic carbocycles. The van der Waals surface area contributed by atoms with Gasteiger partial charge in [0.25, 0.3) is 11.8 Å². The lowest BCUT2D eigenvalue weighted by atomic mass is 9.84. The number of aliphatic hydroxyl groups is 1. The molecule has 0 bridgehead atoms. The van der Waals surface area contributed by atoms with E-state index < -0.39 is 304 Å². The van der Waals surface area contributed by atoms with Crippen LogP contribution in [0.4, 0.5) is 0 Å². The lowest BCUT2D eigenvalue weighted by Crippen LogP contribution is -2.69. The SMILES string of the molecule is C[C@H](NC(=O)[C@H](Cc1c[nH]c2ccccc12)NC(=O)[C@H](CC(N)=O)NC(=O)[C@H](CCC(=O)O)NC(=O)[C@H](C)NC(=O)[C@H](CC(N)=O)NC(=O)[C@@H](N)[C@@H](C)O)C(=O)N[C@@H](CC(=O)O)C(=O)N[C@@H](CC(N)=O)C(=O)N[C@@H](CCC(=O)O)C(=O)N1CCC[C@H]1C(=O)N[C@@H](CC(N)=O)C(=O)N1C(=O)CCCC(=O)[C@]1(CC(N)=O)C(N)=O. The molecule has 612 valence electrons. The van der Waals surface area contributed by atoms with Crippen LogP contribution in [0.1, 0.15) is 123 Å². The van der Waals surface area contributed by atoms with Gasteiger partial charge in [0.05, 0.1) is 44.6 Å². The molecule has 3 heterocycles. The molecule has 0 spiro atoms. The number of primary amides is 6. The Labute approximate surface area is 633 Å². The van der Waals surface area contributed by atoms with Crippen molar-refractivity contribution in [3.63, 3.8) is 0 Å². The molecule has 4 rings (SSSR count). The van der Waals surface area contributed by atoms with Crippen LogP contribution < -0.4 is 93.3 Å². The second-order valence-electron chi connectivity index (χ2n) is 26.3. The number of fused-ring (bicyclic) bond motifs is 1. The van der Waals surface area contributed by atoms with Gasteiger partial charge in [-0.3, -0.25) is 115 Å². The molecule has 0 saturated carbocycles. The smallest absolute Gasteiger partial charge is 0.305 e. The van der Waals surface area contributed by atoms with Gasteiger partial charge in [-0.15, -0.1) is 0 Å². The van der Waals surface area contributed by atoms with E-state index in [0.29, 0.717) is 16.5 Å². The van der Waals surface area contributed by atoms with Crippen molar-refractivity contribution in [3.8, 4) is 0 Å². The number of carbonyl (C=O) groups excluding carboxylic acids is 20. The number of rotatable bonds is 44. The molecule has 2 fully saturated rings. The van der Waals surface area contributed by atoms with E-state index in [1.54, 1.807) is 24.3 Å². The van der Waals surface area contributed by atoms with Crippen molar-refractivity contribution < 1.29 is 131 Å². The molecular weight excluding hydrogens is 1490 g/mol. The number of ketones is 1. The summed E-state index contributed by atoms with van der Waals surface area (Å²) >= 11 is 0. The quantitative estimate of drug-likeness (QED) is 0.0274. The minimum Gasteiger partial charge on any atom is -0.481 e. The van der Waals surface area contributed by atoms with Crippen LogP contribution in [0, 0.1) is 0 Å². The van der Waals surface area contributed by atoms with Gasteiger partial charge < -0.3 is 124 Å². The Hall–Kier alpha value is -13.1. The van der Waals surface area contributed by atoms with E-state index in [0.717, 1.165) is 25.7 Å². The average Bonchev–Trinajstić information content (AvgIpc) is 1.31. The summed E-state index contributed by atoms with van der Waals surface area (Å²) in [4.78, 5) is 309. The number of aliphatic carboxylic acids is 3. The van der Waals surface area contributed by atoms with Gasteiger partial charge in [-0.1, -0.05) is 18.2 Å². The van der Waals surface area contributed by atoms with E-state index in [4.69, 9.17) is 40.1 Å². The highest BCUT2D eigenvalue weighted by atomic mass is 16.4. The first-order valence-corrected chi connectivity index (χ1v) is 34.4. The summed E-state index contributed by atoms with van der Waals surface area (Å²) in [6.07, 6.45) is -12.4. The predicted octanol–water partition coefficient (Wildman–Crippen LogP) is -11.8. The molecule has 47 nitrogen and oxygen atoms in total. The summed E-state index contributed by atoms with van der Waals surface area (Å²) in [5.74, 6) is -31.6. The molecular formula is C65H90N20O27. The van der Waals surface area contributed by atoms with Gasteiger partial charge in [-0.05, 0) is 64.5 Å². The third-order valence-corrected chi connectivity index (χ3v) is 17.5. The maximum atomic E-state index is 14.5. The van der Waals surface area contributed by atoms with Gasteiger partial charge in [-0.25, -0.2) is 0 Å². The standard InChI is InChI=1S/C65H90N20O27/c1-26(75-56(104)35(19-42(66)88)82-61(109)51(71)28(3)86)52(100)76-32(13-15-48(94)95)54(102)80-37(21-44(68)90)58(106)79-34(18-29-25-73-31-9-5-4-8-30(29)31)55(103)74-27(2)53(101)78-38(23-50(98)99)59(107)81-36(20-43(67)89)57(105)77-33(14-16-49(96)97)62(110)84-17-7-10-40(84)60(108)83-39(22-45(69)91)63(111)85-47(93)12-6-11-41(87)65(85,64(72)112)24-46(70)92/h4-5,8-9,25-28,32-40,51,73,86H,6-7,10-24,71H2,1-3H3,(H2,66,88)(H2,67,89)(H2,68,90)(H2,69,91)(H2,70,92)(H2,72,112)(H,74,103)(H,75,104)(H,76,100)(H,77,105)(H,78,101)(H,79,106)(H,80,102)(H,81,107)(H,82,109)(H,83,108)(H,94,95)(H,96,97)(H,98,99)/t26-,27-,28+,32-,33-,34-,35-,36-,37-,38-,39-,40-,51-,65+/m0/s1. The normalized spacial score (nSPS) is 17.9. The predicted molar refractivity (Wildman–Crippen MR) is 375 cm³/mol. The number of likely N-dealkylation sites (tertiary alicyclic amines) is 2. The highest BCUT2D eigenvalue weighted by Crippen LogP contribution is 2.31. The van der Waals surface area contributed by atoms with E-state index in [-0.39, 0.29) is 30.7 Å². The van der Waals surface area contributed by atoms with Gasteiger partial charge >= 0.3 is 17.9 Å². The van der Waals surface area contributed by atoms with Crippen LogP contribution in [0.5, 0.6) is 0 Å². The number of H-pyrrole nitrogens is 1. The van der Waals surface area contributed by atoms with Crippen LogP contribution in [0.15, 0.2) is 30.5 Å². The zero-order valence-electron chi connectivity index (χ0n) is 60.5. The van der Waals surface area contributed by atoms with Crippen LogP contribution in [0.25, 0.3) is 10.9 Å². The molecule has 29 N–H and O–H groups in total. The average molecular weight is 1580 g/mol. The van der Waals surface area contributed by atoms with Crippen molar-refractivity contribution in [2.45, 2.75) is 208 Å². The largest absolute Gasteiger partial charge is 0.481 e. The Balaban J connectivity index is 1.60. The zero-order valence-corrected chi connectivity index (χ0v) is 60.5. The van der Waals surface area contributed by atoms with Crippen molar-refractivity contribution in [2.24, 2.45) is 40.1 Å². The number of hydrogen-bond acceptors (Lipinski definition) is 25. The van der Waals surface area contributed by atoms with Crippen LogP contribution in [-0.4, -0.2) is 262 Å². The molecule has 1 aromatic carbocycles. The summed E-state index contributed by atoms with van der Waals surface area (Å²) < 4.78 is 0. The number of benzene rings is 1. The zero-order chi connectivity index (χ0) is 84.5. The maximum absolute atomic E-state index is 14.5. The molecule has 2 saturated heterocycles. The fourth-order valence-electron chi connectivity index (χ4n) is 11.8. The fraction of sp³-hybridized carbons (Fsp3) is 0.523. The number of aliphatic hydroxyl groups excluding tert-OH is 1. The van der Waals surface area contributed by atoms with E-state index in [1.165, 1.54) is 6.20 Å². The first-order chi connectivity index (χ1) is 52.3. The highest BCUT2D eigenvalue weighted by Gasteiger charge is 2.57. The summed E-state index contributed by atoms with van der Waals surface area (Å²) in [5, 5.41) is 61.0. The lowest BCUT2D eigenvalue weighted by molar-refractivity contribution is -0.164. The van der Waals surface area contributed by atoms with Crippen LogP contribution >= 0.6 is 0 Å². The van der Waals surface area contributed by atoms with Gasteiger partial charge in [0.15, 0.2) is 11.3 Å². The Morgan fingerprint density at radius 2 is 0.920 bits per heavy atom. The Morgan fingerprint density at radius 1 is 0.491 bits per heavy atom. The molecule has 1 aromatic heterocycles. The summed E-state index contributed by atoms with van der Waals surface area (Å²) in [6, 6.07) is -16.7. The van der Waals surface area contributed by atoms with E-state index in [2.05, 4.69) is 52.8 Å². The number of aromatic amines is 1. The topological polar surface area (TPSA) is 798 Å². The molecule has 2 aliphatic rings. The monoisotopic (exact) mass is 1580 g/mol. The van der Waals surface area contributed by atoms with Gasteiger partial charge in [0, 0.05) is 55.7 Å². The number of para-hydroxylation sites is 1. The Morgan fingerprint density at radius 3 is 1.40 bits per heavy atom. The second-order valence-corrected chi connectivity index (χ2v) is 26.3. The van der Waals surface area contributed by atoms with Crippen molar-refractivity contribution in [2.75, 3.05) is 6.54 Å². The summed E-state index contributed by atoms with van der Waals surface area (Å²) in [7, 11) is 0.